The fourth-order valence-electron chi connectivity index (χ4n) is 2.37. The zero-order chi connectivity index (χ0) is 11.8. The number of hydrogen-bond acceptors (Lipinski definition) is 4. The Balaban J connectivity index is 2.22. The first-order chi connectivity index (χ1) is 7.77. The van der Waals surface area contributed by atoms with Crippen molar-refractivity contribution in [2.45, 2.75) is 44.8 Å². The van der Waals surface area contributed by atoms with Crippen molar-refractivity contribution >= 4 is 0 Å². The van der Waals surface area contributed by atoms with E-state index in [-0.39, 0.29) is 12.7 Å². The quantitative estimate of drug-likeness (QED) is 0.643. The normalized spacial score (nSPS) is 23.8. The molecule has 1 rings (SSSR count). The Morgan fingerprint density at radius 2 is 2.31 bits per heavy atom. The van der Waals surface area contributed by atoms with Crippen molar-refractivity contribution in [2.24, 2.45) is 0 Å². The fraction of sp³-hybridized carbons (Fsp3) is 1.00. The van der Waals surface area contributed by atoms with Gasteiger partial charge in [-0.2, -0.15) is 0 Å². The van der Waals surface area contributed by atoms with Crippen molar-refractivity contribution in [1.29, 1.82) is 0 Å². The lowest BCUT2D eigenvalue weighted by atomic mass is 10.1. The monoisotopic (exact) mass is 231 g/mol. The summed E-state index contributed by atoms with van der Waals surface area (Å²) < 4.78 is 5.21. The topological polar surface area (TPSA) is 52.9 Å². The first-order valence-corrected chi connectivity index (χ1v) is 6.38. The van der Waals surface area contributed by atoms with Crippen LogP contribution in [0.2, 0.25) is 0 Å². The van der Waals surface area contributed by atoms with E-state index in [9.17, 15) is 5.11 Å². The minimum absolute atomic E-state index is 0.270. The van der Waals surface area contributed by atoms with Gasteiger partial charge in [0.25, 0.3) is 0 Å². The molecule has 2 N–H and O–H groups in total. The summed E-state index contributed by atoms with van der Waals surface area (Å²) in [5.41, 5.74) is 0. The van der Waals surface area contributed by atoms with Crippen LogP contribution in [0.25, 0.3) is 0 Å². The first kappa shape index (κ1) is 13.9. The molecule has 1 fully saturated rings. The highest BCUT2D eigenvalue weighted by molar-refractivity contribution is 4.80. The van der Waals surface area contributed by atoms with Crippen LogP contribution in [0.15, 0.2) is 0 Å². The van der Waals surface area contributed by atoms with Crippen LogP contribution in [0.5, 0.6) is 0 Å². The second-order valence-electron chi connectivity index (χ2n) is 4.47. The van der Waals surface area contributed by atoms with E-state index in [2.05, 4.69) is 4.90 Å². The third kappa shape index (κ3) is 4.78. The van der Waals surface area contributed by atoms with E-state index in [1.165, 1.54) is 12.8 Å². The lowest BCUT2D eigenvalue weighted by Crippen LogP contribution is -2.38. The second kappa shape index (κ2) is 8.01. The molecule has 0 aliphatic carbocycles. The van der Waals surface area contributed by atoms with Crippen molar-refractivity contribution in [1.82, 2.24) is 4.90 Å². The van der Waals surface area contributed by atoms with E-state index in [0.717, 1.165) is 19.4 Å². The predicted molar refractivity (Wildman–Crippen MR) is 63.4 cm³/mol. The lowest BCUT2D eigenvalue weighted by molar-refractivity contribution is 0.0178. The summed E-state index contributed by atoms with van der Waals surface area (Å²) in [6.07, 6.45) is 3.93. The number of rotatable bonds is 8. The smallest absolute Gasteiger partial charge is 0.0900 e. The van der Waals surface area contributed by atoms with Gasteiger partial charge in [-0.15, -0.1) is 0 Å². The van der Waals surface area contributed by atoms with Crippen LogP contribution >= 0.6 is 0 Å². The molecule has 2 atom stereocenters. The van der Waals surface area contributed by atoms with Gasteiger partial charge in [-0.3, -0.25) is 4.90 Å². The zero-order valence-electron chi connectivity index (χ0n) is 10.3. The van der Waals surface area contributed by atoms with Gasteiger partial charge in [0.2, 0.25) is 0 Å². The summed E-state index contributed by atoms with van der Waals surface area (Å²) in [6, 6.07) is 0.545. The maximum Gasteiger partial charge on any atom is 0.0900 e. The summed E-state index contributed by atoms with van der Waals surface area (Å²) in [7, 11) is 0. The van der Waals surface area contributed by atoms with E-state index >= 15 is 0 Å². The first-order valence-electron chi connectivity index (χ1n) is 6.38. The molecule has 1 aliphatic rings. The molecular weight excluding hydrogens is 206 g/mol. The number of hydrogen-bond donors (Lipinski definition) is 2. The maximum atomic E-state index is 9.77. The zero-order valence-corrected chi connectivity index (χ0v) is 10.3. The van der Waals surface area contributed by atoms with Crippen molar-refractivity contribution in [3.63, 3.8) is 0 Å². The lowest BCUT2D eigenvalue weighted by Gasteiger charge is -2.26. The van der Waals surface area contributed by atoms with Gasteiger partial charge in [-0.25, -0.2) is 0 Å². The maximum absolute atomic E-state index is 9.77. The van der Waals surface area contributed by atoms with Crippen molar-refractivity contribution < 1.29 is 14.9 Å². The van der Waals surface area contributed by atoms with Gasteiger partial charge in [-0.05, 0) is 39.2 Å². The molecule has 96 valence electrons. The molecule has 0 aromatic heterocycles. The predicted octanol–water partition coefficient (Wildman–Crippen LogP) is 0.621. The number of aliphatic hydroxyl groups excluding tert-OH is 2. The molecule has 0 radical (unpaired) electrons. The Labute approximate surface area is 98.2 Å². The van der Waals surface area contributed by atoms with Gasteiger partial charge in [0.05, 0.1) is 12.7 Å². The summed E-state index contributed by atoms with van der Waals surface area (Å²) in [4.78, 5) is 2.33. The van der Waals surface area contributed by atoms with Crippen LogP contribution in [-0.4, -0.2) is 60.2 Å². The minimum atomic E-state index is -0.380. The highest BCUT2D eigenvalue weighted by atomic mass is 16.5. The molecule has 4 heteroatoms. The molecule has 4 nitrogen and oxygen atoms in total. The Kier molecular flexibility index (Phi) is 6.96. The number of β-amino-alcohol motifs (C(OH)–C–C–N with tert-alkyl or cyclic N) is 1. The van der Waals surface area contributed by atoms with Crippen LogP contribution in [0.3, 0.4) is 0 Å². The number of ether oxygens (including phenoxy) is 1. The van der Waals surface area contributed by atoms with E-state index in [4.69, 9.17) is 9.84 Å². The molecule has 1 heterocycles. The summed E-state index contributed by atoms with van der Waals surface area (Å²) in [5, 5.41) is 18.6. The Bertz CT molecular complexity index is 178. The van der Waals surface area contributed by atoms with Gasteiger partial charge in [0.1, 0.15) is 0 Å². The molecule has 0 amide bonds. The van der Waals surface area contributed by atoms with Crippen LogP contribution in [0.1, 0.15) is 32.6 Å². The van der Waals surface area contributed by atoms with Crippen molar-refractivity contribution in [3.05, 3.63) is 0 Å². The SMILES string of the molecule is CCOCC(O)CN1CCCC1CCCO. The largest absolute Gasteiger partial charge is 0.396 e. The minimum Gasteiger partial charge on any atom is -0.396 e. The second-order valence-corrected chi connectivity index (χ2v) is 4.47. The fourth-order valence-corrected chi connectivity index (χ4v) is 2.37. The molecular formula is C12H25NO3. The van der Waals surface area contributed by atoms with Crippen LogP contribution in [0, 0.1) is 0 Å². The third-order valence-corrected chi connectivity index (χ3v) is 3.15. The van der Waals surface area contributed by atoms with Gasteiger partial charge in [0, 0.05) is 25.8 Å². The van der Waals surface area contributed by atoms with Crippen molar-refractivity contribution in [2.75, 3.05) is 32.9 Å². The summed E-state index contributed by atoms with van der Waals surface area (Å²) >= 11 is 0. The Hall–Kier alpha value is -0.160. The van der Waals surface area contributed by atoms with Gasteiger partial charge in [0.15, 0.2) is 0 Å². The average Bonchev–Trinajstić information content (AvgIpc) is 2.71. The molecule has 0 aromatic rings. The number of nitrogens with zero attached hydrogens (tertiary/aromatic N) is 1. The molecule has 1 aliphatic heterocycles. The third-order valence-electron chi connectivity index (χ3n) is 3.15. The highest BCUT2D eigenvalue weighted by Crippen LogP contribution is 2.21. The highest BCUT2D eigenvalue weighted by Gasteiger charge is 2.25. The molecule has 0 saturated carbocycles. The van der Waals surface area contributed by atoms with Crippen LogP contribution < -0.4 is 0 Å². The van der Waals surface area contributed by atoms with E-state index in [1.54, 1.807) is 0 Å². The molecule has 2 unspecified atom stereocenters. The van der Waals surface area contributed by atoms with Gasteiger partial charge in [-0.1, -0.05) is 0 Å². The number of likely N-dealkylation sites (tertiary alicyclic amines) is 1. The number of aliphatic hydroxyl groups is 2. The summed E-state index contributed by atoms with van der Waals surface area (Å²) in [6.45, 7) is 5.07. The van der Waals surface area contributed by atoms with E-state index in [1.807, 2.05) is 6.92 Å². The van der Waals surface area contributed by atoms with E-state index in [0.29, 0.717) is 25.8 Å². The average molecular weight is 231 g/mol. The molecule has 1 saturated heterocycles. The van der Waals surface area contributed by atoms with E-state index < -0.39 is 0 Å². The Morgan fingerprint density at radius 3 is 3.00 bits per heavy atom. The molecule has 0 bridgehead atoms. The summed E-state index contributed by atoms with van der Waals surface area (Å²) in [5.74, 6) is 0. The Morgan fingerprint density at radius 1 is 1.50 bits per heavy atom. The molecule has 0 spiro atoms. The van der Waals surface area contributed by atoms with Gasteiger partial charge < -0.3 is 14.9 Å². The molecule has 16 heavy (non-hydrogen) atoms. The standard InChI is InChI=1S/C12H25NO3/c1-2-16-10-12(15)9-13-7-3-5-11(13)6-4-8-14/h11-12,14-15H,2-10H2,1H3. The van der Waals surface area contributed by atoms with Crippen LogP contribution in [-0.2, 0) is 4.74 Å². The molecule has 0 aromatic carbocycles. The van der Waals surface area contributed by atoms with Gasteiger partial charge >= 0.3 is 0 Å². The van der Waals surface area contributed by atoms with Crippen LogP contribution in [0.4, 0.5) is 0 Å². The van der Waals surface area contributed by atoms with Crippen molar-refractivity contribution in [3.8, 4) is 0 Å².